The quantitative estimate of drug-likeness (QED) is 0.824. The van der Waals surface area contributed by atoms with Crippen LogP contribution in [0.4, 0.5) is 5.69 Å². The number of fused-ring (bicyclic) bond motifs is 1. The molecule has 1 unspecified atom stereocenters. The first kappa shape index (κ1) is 13.0. The Morgan fingerprint density at radius 3 is 2.72 bits per heavy atom. The van der Waals surface area contributed by atoms with Gasteiger partial charge in [0.05, 0.1) is 25.9 Å². The molecule has 1 aliphatic heterocycles. The predicted molar refractivity (Wildman–Crippen MR) is 68.4 cm³/mol. The maximum atomic E-state index is 9.43. The molecule has 0 radical (unpaired) electrons. The summed E-state index contributed by atoms with van der Waals surface area (Å²) in [5, 5.41) is 18.3. The lowest BCUT2D eigenvalue weighted by molar-refractivity contribution is 0.101. The van der Waals surface area contributed by atoms with E-state index in [0.29, 0.717) is 19.8 Å². The first-order valence-corrected chi connectivity index (χ1v) is 6.10. The molecule has 1 heterocycles. The molecule has 0 aromatic heterocycles. The second kappa shape index (κ2) is 5.93. The summed E-state index contributed by atoms with van der Waals surface area (Å²) in [6.07, 6.45) is 0.134. The minimum atomic E-state index is -0.744. The summed E-state index contributed by atoms with van der Waals surface area (Å²) in [5.41, 5.74) is 0.923. The molecule has 0 spiro atoms. The molecule has 5 heteroatoms. The number of rotatable bonds is 4. The molecule has 100 valence electrons. The number of aliphatic hydroxyl groups is 2. The van der Waals surface area contributed by atoms with Gasteiger partial charge in [0.15, 0.2) is 11.5 Å². The van der Waals surface area contributed by atoms with Gasteiger partial charge in [-0.1, -0.05) is 0 Å². The lowest BCUT2D eigenvalue weighted by atomic mass is 10.2. The third-order valence-corrected chi connectivity index (χ3v) is 2.87. The van der Waals surface area contributed by atoms with Crippen LogP contribution in [0.2, 0.25) is 0 Å². The van der Waals surface area contributed by atoms with Crippen molar-refractivity contribution in [1.82, 2.24) is 0 Å². The van der Waals surface area contributed by atoms with Crippen molar-refractivity contribution >= 4 is 5.69 Å². The lowest BCUT2D eigenvalue weighted by Crippen LogP contribution is -2.31. The Morgan fingerprint density at radius 2 is 2.00 bits per heavy atom. The van der Waals surface area contributed by atoms with E-state index in [4.69, 9.17) is 14.6 Å². The van der Waals surface area contributed by atoms with Gasteiger partial charge in [-0.3, -0.25) is 0 Å². The van der Waals surface area contributed by atoms with Crippen LogP contribution in [0.5, 0.6) is 11.5 Å². The first-order chi connectivity index (χ1) is 8.70. The number of ether oxygens (including phenoxy) is 2. The molecule has 0 fully saturated rings. The minimum absolute atomic E-state index is 0.241. The SMILES string of the molecule is CN(CC(O)CO)c1ccc2c(c1)OCCCO2. The molecule has 2 rings (SSSR count). The predicted octanol–water partition coefficient (Wildman–Crippen LogP) is 0.637. The first-order valence-electron chi connectivity index (χ1n) is 6.10. The van der Waals surface area contributed by atoms with Crippen molar-refractivity contribution in [2.45, 2.75) is 12.5 Å². The molecule has 0 bridgehead atoms. The zero-order chi connectivity index (χ0) is 13.0. The van der Waals surface area contributed by atoms with E-state index in [1.807, 2.05) is 30.1 Å². The van der Waals surface area contributed by atoms with E-state index in [9.17, 15) is 5.11 Å². The van der Waals surface area contributed by atoms with Crippen molar-refractivity contribution in [3.05, 3.63) is 18.2 Å². The second-order valence-corrected chi connectivity index (χ2v) is 4.40. The van der Waals surface area contributed by atoms with Gasteiger partial charge in [0.1, 0.15) is 0 Å². The summed E-state index contributed by atoms with van der Waals surface area (Å²) in [6.45, 7) is 1.45. The van der Waals surface area contributed by atoms with Gasteiger partial charge >= 0.3 is 0 Å². The van der Waals surface area contributed by atoms with Crippen LogP contribution >= 0.6 is 0 Å². The van der Waals surface area contributed by atoms with Crippen LogP contribution in [-0.4, -0.2) is 49.7 Å². The van der Waals surface area contributed by atoms with Crippen molar-refractivity contribution < 1.29 is 19.7 Å². The second-order valence-electron chi connectivity index (χ2n) is 4.40. The number of likely N-dealkylation sites (N-methyl/N-ethyl adjacent to an activating group) is 1. The van der Waals surface area contributed by atoms with Gasteiger partial charge in [-0.2, -0.15) is 0 Å². The van der Waals surface area contributed by atoms with Gasteiger partial charge in [0, 0.05) is 31.8 Å². The van der Waals surface area contributed by atoms with E-state index in [1.54, 1.807) is 0 Å². The Labute approximate surface area is 107 Å². The minimum Gasteiger partial charge on any atom is -0.490 e. The van der Waals surface area contributed by atoms with Gasteiger partial charge in [-0.05, 0) is 12.1 Å². The van der Waals surface area contributed by atoms with Crippen LogP contribution in [0.3, 0.4) is 0 Å². The van der Waals surface area contributed by atoms with Gasteiger partial charge in [-0.15, -0.1) is 0 Å². The summed E-state index contributed by atoms with van der Waals surface area (Å²) in [4.78, 5) is 1.87. The Bertz CT molecular complexity index is 397. The molecule has 0 saturated carbocycles. The summed E-state index contributed by atoms with van der Waals surface area (Å²) < 4.78 is 11.2. The van der Waals surface area contributed by atoms with Gasteiger partial charge in [0.25, 0.3) is 0 Å². The van der Waals surface area contributed by atoms with Crippen LogP contribution in [0, 0.1) is 0 Å². The topological polar surface area (TPSA) is 62.2 Å². The fourth-order valence-electron chi connectivity index (χ4n) is 1.87. The number of nitrogens with zero attached hydrogens (tertiary/aromatic N) is 1. The highest BCUT2D eigenvalue weighted by Gasteiger charge is 2.13. The van der Waals surface area contributed by atoms with Gasteiger partial charge in [-0.25, -0.2) is 0 Å². The standard InChI is InChI=1S/C13H19NO4/c1-14(8-11(16)9-15)10-3-4-12-13(7-10)18-6-2-5-17-12/h3-4,7,11,15-16H,2,5-6,8-9H2,1H3. The molecule has 5 nitrogen and oxygen atoms in total. The molecule has 1 aliphatic rings. The number of hydrogen-bond donors (Lipinski definition) is 2. The molecular weight excluding hydrogens is 234 g/mol. The summed E-state index contributed by atoms with van der Waals surface area (Å²) in [5.74, 6) is 1.49. The van der Waals surface area contributed by atoms with E-state index >= 15 is 0 Å². The van der Waals surface area contributed by atoms with E-state index in [-0.39, 0.29) is 6.61 Å². The maximum Gasteiger partial charge on any atom is 0.163 e. The highest BCUT2D eigenvalue weighted by molar-refractivity contribution is 5.56. The molecule has 1 aromatic rings. The zero-order valence-corrected chi connectivity index (χ0v) is 10.5. The van der Waals surface area contributed by atoms with Gasteiger partial charge in [0.2, 0.25) is 0 Å². The average molecular weight is 253 g/mol. The Kier molecular flexibility index (Phi) is 4.28. The highest BCUT2D eigenvalue weighted by atomic mass is 16.5. The zero-order valence-electron chi connectivity index (χ0n) is 10.5. The van der Waals surface area contributed by atoms with E-state index in [2.05, 4.69) is 0 Å². The fourth-order valence-corrected chi connectivity index (χ4v) is 1.87. The van der Waals surface area contributed by atoms with Crippen LogP contribution in [-0.2, 0) is 0 Å². The maximum absolute atomic E-state index is 9.43. The normalized spacial score (nSPS) is 15.9. The lowest BCUT2D eigenvalue weighted by Gasteiger charge is -2.22. The van der Waals surface area contributed by atoms with Crippen LogP contribution in [0.15, 0.2) is 18.2 Å². The van der Waals surface area contributed by atoms with Crippen molar-refractivity contribution in [3.8, 4) is 11.5 Å². The van der Waals surface area contributed by atoms with E-state index < -0.39 is 6.10 Å². The molecule has 2 N–H and O–H groups in total. The number of benzene rings is 1. The fraction of sp³-hybridized carbons (Fsp3) is 0.538. The van der Waals surface area contributed by atoms with Crippen molar-refractivity contribution in [2.24, 2.45) is 0 Å². The van der Waals surface area contributed by atoms with Crippen molar-refractivity contribution in [1.29, 1.82) is 0 Å². The molecule has 0 aliphatic carbocycles. The Morgan fingerprint density at radius 1 is 1.28 bits per heavy atom. The molecule has 1 aromatic carbocycles. The van der Waals surface area contributed by atoms with Crippen LogP contribution in [0.1, 0.15) is 6.42 Å². The monoisotopic (exact) mass is 253 g/mol. The molecular formula is C13H19NO4. The number of anilines is 1. The Balaban J connectivity index is 2.12. The molecule has 1 atom stereocenters. The van der Waals surface area contributed by atoms with Crippen LogP contribution < -0.4 is 14.4 Å². The largest absolute Gasteiger partial charge is 0.490 e. The summed E-state index contributed by atoms with van der Waals surface area (Å²) in [6, 6.07) is 5.68. The van der Waals surface area contributed by atoms with Crippen molar-refractivity contribution in [2.75, 3.05) is 38.3 Å². The Hall–Kier alpha value is -1.46. The smallest absolute Gasteiger partial charge is 0.163 e. The summed E-state index contributed by atoms with van der Waals surface area (Å²) >= 11 is 0. The third-order valence-electron chi connectivity index (χ3n) is 2.87. The molecule has 0 amide bonds. The molecule has 18 heavy (non-hydrogen) atoms. The number of aliphatic hydroxyl groups excluding tert-OH is 2. The van der Waals surface area contributed by atoms with E-state index in [1.165, 1.54) is 0 Å². The summed E-state index contributed by atoms with van der Waals surface area (Å²) in [7, 11) is 1.86. The third kappa shape index (κ3) is 3.05. The average Bonchev–Trinajstić information content (AvgIpc) is 2.62. The number of hydrogen-bond acceptors (Lipinski definition) is 5. The van der Waals surface area contributed by atoms with Gasteiger partial charge < -0.3 is 24.6 Å². The van der Waals surface area contributed by atoms with E-state index in [0.717, 1.165) is 23.6 Å². The van der Waals surface area contributed by atoms with Crippen molar-refractivity contribution in [3.63, 3.8) is 0 Å². The molecule has 0 saturated heterocycles. The highest BCUT2D eigenvalue weighted by Crippen LogP contribution is 2.33. The van der Waals surface area contributed by atoms with Crippen LogP contribution in [0.25, 0.3) is 0 Å².